The van der Waals surface area contributed by atoms with Crippen molar-refractivity contribution in [1.82, 2.24) is 20.3 Å². The number of hydrogen-bond donors (Lipinski definition) is 1. The molecule has 2 rings (SSSR count). The first kappa shape index (κ1) is 15.0. The smallest absolute Gasteiger partial charge is 0.289 e. The molecule has 20 heavy (non-hydrogen) atoms. The van der Waals surface area contributed by atoms with E-state index in [0.29, 0.717) is 12.6 Å². The van der Waals surface area contributed by atoms with Crippen LogP contribution in [0.5, 0.6) is 0 Å². The Morgan fingerprint density at radius 1 is 1.45 bits per heavy atom. The molecule has 1 aromatic heterocycles. The lowest BCUT2D eigenvalue weighted by Gasteiger charge is -2.37. The third kappa shape index (κ3) is 3.80. The van der Waals surface area contributed by atoms with Crippen molar-refractivity contribution in [2.75, 3.05) is 39.3 Å². The summed E-state index contributed by atoms with van der Waals surface area (Å²) >= 11 is 0. The number of rotatable bonds is 5. The molecule has 0 aromatic carbocycles. The molecule has 1 amide bonds. The molecular formula is C14H24N4O2. The summed E-state index contributed by atoms with van der Waals surface area (Å²) in [5, 5.41) is 6.63. The molecule has 0 radical (unpaired) electrons. The molecule has 1 aliphatic heterocycles. The van der Waals surface area contributed by atoms with Gasteiger partial charge in [0.2, 0.25) is 5.76 Å². The third-order valence-electron chi connectivity index (χ3n) is 3.89. The summed E-state index contributed by atoms with van der Waals surface area (Å²) < 4.78 is 4.95. The summed E-state index contributed by atoms with van der Waals surface area (Å²) in [5.41, 5.74) is 0.721. The number of piperazine rings is 1. The Balaban J connectivity index is 1.75. The lowest BCUT2D eigenvalue weighted by Crippen LogP contribution is -2.52. The molecule has 1 aliphatic rings. The van der Waals surface area contributed by atoms with Gasteiger partial charge in [0.25, 0.3) is 5.91 Å². The van der Waals surface area contributed by atoms with Crippen LogP contribution < -0.4 is 5.32 Å². The highest BCUT2D eigenvalue weighted by atomic mass is 16.5. The number of aryl methyl sites for hydroxylation is 1. The fourth-order valence-electron chi connectivity index (χ4n) is 2.45. The first-order valence-corrected chi connectivity index (χ1v) is 7.28. The molecule has 112 valence electrons. The summed E-state index contributed by atoms with van der Waals surface area (Å²) in [4.78, 5) is 16.7. The van der Waals surface area contributed by atoms with Gasteiger partial charge in [-0.25, -0.2) is 0 Å². The van der Waals surface area contributed by atoms with Gasteiger partial charge in [0.1, 0.15) is 0 Å². The third-order valence-corrected chi connectivity index (χ3v) is 3.89. The highest BCUT2D eigenvalue weighted by molar-refractivity contribution is 5.91. The maximum absolute atomic E-state index is 11.9. The van der Waals surface area contributed by atoms with E-state index in [4.69, 9.17) is 4.52 Å². The number of aromatic nitrogens is 1. The Hall–Kier alpha value is -1.40. The average Bonchev–Trinajstić information content (AvgIpc) is 2.91. The Morgan fingerprint density at radius 2 is 2.15 bits per heavy atom. The van der Waals surface area contributed by atoms with E-state index in [0.717, 1.165) is 38.4 Å². The van der Waals surface area contributed by atoms with Gasteiger partial charge in [0.05, 0.1) is 5.69 Å². The largest absolute Gasteiger partial charge is 0.351 e. The minimum atomic E-state index is -0.190. The van der Waals surface area contributed by atoms with Crippen LogP contribution in [0.1, 0.15) is 30.1 Å². The number of nitrogens with zero attached hydrogens (tertiary/aromatic N) is 3. The Bertz CT molecular complexity index is 438. The van der Waals surface area contributed by atoms with Crippen molar-refractivity contribution in [1.29, 1.82) is 0 Å². The number of carbonyl (C=O) groups excluding carboxylic acids is 1. The molecule has 6 heteroatoms. The van der Waals surface area contributed by atoms with Gasteiger partial charge in [0.15, 0.2) is 0 Å². The van der Waals surface area contributed by atoms with Gasteiger partial charge in [0, 0.05) is 44.8 Å². The summed E-state index contributed by atoms with van der Waals surface area (Å²) in [6.07, 6.45) is 0. The number of amides is 1. The molecule has 1 unspecified atom stereocenters. The maximum atomic E-state index is 11.9. The minimum absolute atomic E-state index is 0.190. The quantitative estimate of drug-likeness (QED) is 0.862. The number of hydrogen-bond acceptors (Lipinski definition) is 5. The Morgan fingerprint density at radius 3 is 2.70 bits per heavy atom. The van der Waals surface area contributed by atoms with E-state index in [1.54, 1.807) is 13.0 Å². The Labute approximate surface area is 120 Å². The van der Waals surface area contributed by atoms with Gasteiger partial charge < -0.3 is 14.7 Å². The van der Waals surface area contributed by atoms with Crippen molar-refractivity contribution in [3.63, 3.8) is 0 Å². The summed E-state index contributed by atoms with van der Waals surface area (Å²) in [6, 6.07) is 1.99. The van der Waals surface area contributed by atoms with E-state index < -0.39 is 0 Å². The molecule has 0 saturated carbocycles. The maximum Gasteiger partial charge on any atom is 0.289 e. The normalized spacial score (nSPS) is 18.9. The van der Waals surface area contributed by atoms with E-state index in [2.05, 4.69) is 34.1 Å². The molecule has 1 saturated heterocycles. The second kappa shape index (κ2) is 6.85. The molecular weight excluding hydrogens is 256 g/mol. The van der Waals surface area contributed by atoms with Crippen molar-refractivity contribution >= 4 is 5.91 Å². The van der Waals surface area contributed by atoms with Crippen LogP contribution >= 0.6 is 0 Å². The van der Waals surface area contributed by atoms with E-state index in [-0.39, 0.29) is 11.7 Å². The number of likely N-dealkylation sites (N-methyl/N-ethyl adjacent to an activating group) is 1. The first-order chi connectivity index (χ1) is 9.60. The topological polar surface area (TPSA) is 61.6 Å². The SMILES string of the molecule is CCN1CCN(C(C)CNC(=O)c2cc(C)no2)CC1. The van der Waals surface area contributed by atoms with Gasteiger partial charge in [-0.15, -0.1) is 0 Å². The van der Waals surface area contributed by atoms with Crippen molar-refractivity contribution < 1.29 is 9.32 Å². The molecule has 1 fully saturated rings. The fraction of sp³-hybridized carbons (Fsp3) is 0.714. The van der Waals surface area contributed by atoms with E-state index in [1.807, 2.05) is 0 Å². The van der Waals surface area contributed by atoms with Gasteiger partial charge in [-0.1, -0.05) is 12.1 Å². The lowest BCUT2D eigenvalue weighted by atomic mass is 10.2. The van der Waals surface area contributed by atoms with Crippen LogP contribution in [0.4, 0.5) is 0 Å². The highest BCUT2D eigenvalue weighted by Gasteiger charge is 2.21. The lowest BCUT2D eigenvalue weighted by molar-refractivity contribution is 0.0853. The van der Waals surface area contributed by atoms with Crippen LogP contribution in [0, 0.1) is 6.92 Å². The van der Waals surface area contributed by atoms with Crippen LogP contribution in [0.25, 0.3) is 0 Å². The zero-order chi connectivity index (χ0) is 14.5. The molecule has 1 atom stereocenters. The van der Waals surface area contributed by atoms with Crippen LogP contribution in [-0.2, 0) is 0 Å². The number of nitrogens with one attached hydrogen (secondary N) is 1. The second-order valence-electron chi connectivity index (χ2n) is 5.36. The van der Waals surface area contributed by atoms with Crippen LogP contribution in [0.15, 0.2) is 10.6 Å². The summed E-state index contributed by atoms with van der Waals surface area (Å²) in [7, 11) is 0. The molecule has 0 aliphatic carbocycles. The van der Waals surface area contributed by atoms with Gasteiger partial charge in [-0.05, 0) is 20.4 Å². The predicted molar refractivity (Wildman–Crippen MR) is 76.7 cm³/mol. The standard InChI is InChI=1S/C14H24N4O2/c1-4-17-5-7-18(8-6-17)12(3)10-15-14(19)13-9-11(2)16-20-13/h9,12H,4-8,10H2,1-3H3,(H,15,19). The molecule has 6 nitrogen and oxygen atoms in total. The summed E-state index contributed by atoms with van der Waals surface area (Å²) in [5.74, 6) is 0.0927. The van der Waals surface area contributed by atoms with Crippen LogP contribution in [-0.4, -0.2) is 66.2 Å². The average molecular weight is 280 g/mol. The van der Waals surface area contributed by atoms with Gasteiger partial charge in [-0.3, -0.25) is 9.69 Å². The monoisotopic (exact) mass is 280 g/mol. The van der Waals surface area contributed by atoms with E-state index in [1.165, 1.54) is 0 Å². The van der Waals surface area contributed by atoms with Crippen molar-refractivity contribution in [2.45, 2.75) is 26.8 Å². The predicted octanol–water partition coefficient (Wildman–Crippen LogP) is 0.739. The second-order valence-corrected chi connectivity index (χ2v) is 5.36. The molecule has 1 aromatic rings. The van der Waals surface area contributed by atoms with Crippen molar-refractivity contribution in [2.24, 2.45) is 0 Å². The molecule has 1 N–H and O–H groups in total. The minimum Gasteiger partial charge on any atom is -0.351 e. The first-order valence-electron chi connectivity index (χ1n) is 7.28. The van der Waals surface area contributed by atoms with Crippen LogP contribution in [0.3, 0.4) is 0 Å². The van der Waals surface area contributed by atoms with E-state index >= 15 is 0 Å². The zero-order valence-corrected chi connectivity index (χ0v) is 12.6. The van der Waals surface area contributed by atoms with Gasteiger partial charge >= 0.3 is 0 Å². The fourth-order valence-corrected chi connectivity index (χ4v) is 2.45. The van der Waals surface area contributed by atoms with Crippen LogP contribution in [0.2, 0.25) is 0 Å². The zero-order valence-electron chi connectivity index (χ0n) is 12.6. The summed E-state index contributed by atoms with van der Waals surface area (Å²) in [6.45, 7) is 12.2. The van der Waals surface area contributed by atoms with Gasteiger partial charge in [-0.2, -0.15) is 0 Å². The van der Waals surface area contributed by atoms with Crippen molar-refractivity contribution in [3.05, 3.63) is 17.5 Å². The molecule has 2 heterocycles. The number of carbonyl (C=O) groups is 1. The molecule has 0 bridgehead atoms. The van der Waals surface area contributed by atoms with Crippen molar-refractivity contribution in [3.8, 4) is 0 Å². The molecule has 0 spiro atoms. The Kier molecular flexibility index (Phi) is 5.14. The highest BCUT2D eigenvalue weighted by Crippen LogP contribution is 2.06. The van der Waals surface area contributed by atoms with E-state index in [9.17, 15) is 4.79 Å².